The van der Waals surface area contributed by atoms with Crippen molar-refractivity contribution < 1.29 is 9.00 Å². The van der Waals surface area contributed by atoms with Crippen LogP contribution in [0.1, 0.15) is 10.4 Å². The first-order valence-corrected chi connectivity index (χ1v) is 6.87. The summed E-state index contributed by atoms with van der Waals surface area (Å²) >= 11 is 0. The zero-order valence-corrected chi connectivity index (χ0v) is 10.6. The van der Waals surface area contributed by atoms with Crippen LogP contribution in [-0.4, -0.2) is 21.4 Å². The molecule has 0 aliphatic heterocycles. The fourth-order valence-electron chi connectivity index (χ4n) is 1.44. The van der Waals surface area contributed by atoms with Gasteiger partial charge in [-0.25, -0.2) is 0 Å². The molecular weight excluding hydrogens is 248 g/mol. The normalized spacial score (nSPS) is 11.8. The first kappa shape index (κ1) is 12.4. The average Bonchev–Trinajstić information content (AvgIpc) is 2.40. The molecular formula is C13H12N2O2S. The standard InChI is InChI=1S/C13H12N2O2S/c1-18(17)12-6-4-10(5-7-12)13(16)15-11-3-2-8-14-9-11/h2-9H,1H3,(H,15,16). The van der Waals surface area contributed by atoms with E-state index < -0.39 is 10.8 Å². The molecule has 0 saturated heterocycles. The Labute approximate surface area is 108 Å². The van der Waals surface area contributed by atoms with Crippen molar-refractivity contribution >= 4 is 22.4 Å². The lowest BCUT2D eigenvalue weighted by atomic mass is 10.2. The van der Waals surface area contributed by atoms with E-state index in [-0.39, 0.29) is 5.91 Å². The zero-order chi connectivity index (χ0) is 13.0. The monoisotopic (exact) mass is 260 g/mol. The third-order valence-electron chi connectivity index (χ3n) is 2.37. The van der Waals surface area contributed by atoms with Crippen LogP contribution in [0.4, 0.5) is 5.69 Å². The lowest BCUT2D eigenvalue weighted by Crippen LogP contribution is -2.11. The van der Waals surface area contributed by atoms with E-state index in [0.717, 1.165) is 0 Å². The van der Waals surface area contributed by atoms with Crippen LogP contribution in [-0.2, 0) is 10.8 Å². The number of rotatable bonds is 3. The van der Waals surface area contributed by atoms with Crippen LogP contribution in [0.5, 0.6) is 0 Å². The molecule has 0 bridgehead atoms. The molecule has 1 aromatic heterocycles. The largest absolute Gasteiger partial charge is 0.321 e. The predicted molar refractivity (Wildman–Crippen MR) is 71.0 cm³/mol. The van der Waals surface area contributed by atoms with Crippen molar-refractivity contribution in [3.63, 3.8) is 0 Å². The molecule has 1 amide bonds. The van der Waals surface area contributed by atoms with Gasteiger partial charge in [0.15, 0.2) is 0 Å². The molecule has 0 saturated carbocycles. The highest BCUT2D eigenvalue weighted by atomic mass is 32.2. The molecule has 92 valence electrons. The fourth-order valence-corrected chi connectivity index (χ4v) is 1.96. The van der Waals surface area contributed by atoms with Crippen molar-refractivity contribution in [1.29, 1.82) is 0 Å². The van der Waals surface area contributed by atoms with Gasteiger partial charge in [-0.05, 0) is 36.4 Å². The van der Waals surface area contributed by atoms with E-state index in [9.17, 15) is 9.00 Å². The summed E-state index contributed by atoms with van der Waals surface area (Å²) < 4.78 is 11.2. The second kappa shape index (κ2) is 5.55. The Kier molecular flexibility index (Phi) is 3.84. The van der Waals surface area contributed by atoms with Crippen LogP contribution < -0.4 is 5.32 Å². The van der Waals surface area contributed by atoms with Gasteiger partial charge in [-0.3, -0.25) is 14.0 Å². The number of nitrogens with zero attached hydrogens (tertiary/aromatic N) is 1. The van der Waals surface area contributed by atoms with Gasteiger partial charge in [0.2, 0.25) is 0 Å². The van der Waals surface area contributed by atoms with Crippen molar-refractivity contribution in [2.75, 3.05) is 11.6 Å². The fraction of sp³-hybridized carbons (Fsp3) is 0.0769. The van der Waals surface area contributed by atoms with Gasteiger partial charge in [-0.15, -0.1) is 0 Å². The van der Waals surface area contributed by atoms with Gasteiger partial charge in [-0.2, -0.15) is 0 Å². The third kappa shape index (κ3) is 3.01. The van der Waals surface area contributed by atoms with Gasteiger partial charge in [0, 0.05) is 33.7 Å². The van der Waals surface area contributed by atoms with Gasteiger partial charge in [0.25, 0.3) is 5.91 Å². The first-order valence-electron chi connectivity index (χ1n) is 5.31. The van der Waals surface area contributed by atoms with E-state index >= 15 is 0 Å². The van der Waals surface area contributed by atoms with Crippen LogP contribution >= 0.6 is 0 Å². The minimum Gasteiger partial charge on any atom is -0.321 e. The van der Waals surface area contributed by atoms with Crippen LogP contribution in [0, 0.1) is 0 Å². The van der Waals surface area contributed by atoms with E-state index in [1.54, 1.807) is 55.0 Å². The first-order chi connectivity index (χ1) is 8.66. The number of anilines is 1. The van der Waals surface area contributed by atoms with Crippen molar-refractivity contribution in [1.82, 2.24) is 4.98 Å². The summed E-state index contributed by atoms with van der Waals surface area (Å²) in [6.45, 7) is 0. The molecule has 4 nitrogen and oxygen atoms in total. The van der Waals surface area contributed by atoms with Crippen LogP contribution in [0.25, 0.3) is 0 Å². The van der Waals surface area contributed by atoms with Crippen LogP contribution in [0.3, 0.4) is 0 Å². The number of hydrogen-bond donors (Lipinski definition) is 1. The number of aromatic nitrogens is 1. The number of benzene rings is 1. The molecule has 0 fully saturated rings. The number of carbonyl (C=O) groups is 1. The Balaban J connectivity index is 2.12. The molecule has 1 atom stereocenters. The van der Waals surface area contributed by atoms with E-state index in [2.05, 4.69) is 10.3 Å². The molecule has 1 heterocycles. The Hall–Kier alpha value is -2.01. The second-order valence-electron chi connectivity index (χ2n) is 3.67. The quantitative estimate of drug-likeness (QED) is 0.919. The maximum absolute atomic E-state index is 11.9. The lowest BCUT2D eigenvalue weighted by Gasteiger charge is -2.04. The number of nitrogens with one attached hydrogen (secondary N) is 1. The molecule has 0 spiro atoms. The molecule has 2 rings (SSSR count). The molecule has 0 aliphatic carbocycles. The zero-order valence-electron chi connectivity index (χ0n) is 9.79. The summed E-state index contributed by atoms with van der Waals surface area (Å²) in [5.74, 6) is -0.212. The van der Waals surface area contributed by atoms with Gasteiger partial charge in [-0.1, -0.05) is 0 Å². The van der Waals surface area contributed by atoms with Crippen molar-refractivity contribution in [3.05, 3.63) is 54.4 Å². The Bertz CT molecular complexity index is 567. The highest BCUT2D eigenvalue weighted by Crippen LogP contribution is 2.10. The number of pyridine rings is 1. The summed E-state index contributed by atoms with van der Waals surface area (Å²) in [6.07, 6.45) is 4.82. The van der Waals surface area contributed by atoms with Gasteiger partial charge in [0.1, 0.15) is 0 Å². The molecule has 1 N–H and O–H groups in total. The maximum atomic E-state index is 11.9. The Morgan fingerprint density at radius 1 is 1.22 bits per heavy atom. The number of hydrogen-bond acceptors (Lipinski definition) is 3. The smallest absolute Gasteiger partial charge is 0.255 e. The maximum Gasteiger partial charge on any atom is 0.255 e. The third-order valence-corrected chi connectivity index (χ3v) is 3.30. The topological polar surface area (TPSA) is 59.1 Å². The van der Waals surface area contributed by atoms with Crippen molar-refractivity contribution in [3.8, 4) is 0 Å². The lowest BCUT2D eigenvalue weighted by molar-refractivity contribution is 0.102. The summed E-state index contributed by atoms with van der Waals surface area (Å²) in [6, 6.07) is 10.2. The average molecular weight is 260 g/mol. The van der Waals surface area contributed by atoms with E-state index in [4.69, 9.17) is 0 Å². The molecule has 1 aromatic carbocycles. The molecule has 18 heavy (non-hydrogen) atoms. The molecule has 1 unspecified atom stereocenters. The number of carbonyl (C=O) groups excluding carboxylic acids is 1. The Morgan fingerprint density at radius 3 is 2.50 bits per heavy atom. The highest BCUT2D eigenvalue weighted by Gasteiger charge is 2.06. The van der Waals surface area contributed by atoms with Crippen LogP contribution in [0.2, 0.25) is 0 Å². The summed E-state index contributed by atoms with van der Waals surface area (Å²) in [4.78, 5) is 16.5. The van der Waals surface area contributed by atoms with Gasteiger partial charge < -0.3 is 5.32 Å². The summed E-state index contributed by atoms with van der Waals surface area (Å²) in [5.41, 5.74) is 1.17. The molecule has 2 aromatic rings. The second-order valence-corrected chi connectivity index (χ2v) is 5.05. The minimum atomic E-state index is -1.03. The SMILES string of the molecule is CS(=O)c1ccc(C(=O)Nc2cccnc2)cc1. The van der Waals surface area contributed by atoms with Crippen LogP contribution in [0.15, 0.2) is 53.7 Å². The van der Waals surface area contributed by atoms with E-state index in [1.807, 2.05) is 0 Å². The van der Waals surface area contributed by atoms with Crippen molar-refractivity contribution in [2.45, 2.75) is 4.90 Å². The van der Waals surface area contributed by atoms with Gasteiger partial charge in [0.05, 0.1) is 11.9 Å². The molecule has 0 aliphatic rings. The Morgan fingerprint density at radius 2 is 1.94 bits per heavy atom. The number of amides is 1. The van der Waals surface area contributed by atoms with Gasteiger partial charge >= 0.3 is 0 Å². The highest BCUT2D eigenvalue weighted by molar-refractivity contribution is 7.84. The summed E-state index contributed by atoms with van der Waals surface area (Å²) in [7, 11) is -1.03. The van der Waals surface area contributed by atoms with Crippen molar-refractivity contribution in [2.24, 2.45) is 0 Å². The molecule has 0 radical (unpaired) electrons. The molecule has 5 heteroatoms. The predicted octanol–water partition coefficient (Wildman–Crippen LogP) is 2.07. The summed E-state index contributed by atoms with van der Waals surface area (Å²) in [5, 5.41) is 2.73. The minimum absolute atomic E-state index is 0.212. The van der Waals surface area contributed by atoms with E-state index in [0.29, 0.717) is 16.1 Å². The van der Waals surface area contributed by atoms with E-state index in [1.165, 1.54) is 0 Å².